The van der Waals surface area contributed by atoms with Crippen LogP contribution in [0.5, 0.6) is 5.75 Å². The molecule has 3 aromatic rings. The lowest BCUT2D eigenvalue weighted by Gasteiger charge is -2.09. The van der Waals surface area contributed by atoms with Gasteiger partial charge in [0.25, 0.3) is 0 Å². The van der Waals surface area contributed by atoms with Crippen LogP contribution in [0.3, 0.4) is 0 Å². The van der Waals surface area contributed by atoms with Crippen molar-refractivity contribution in [2.75, 3.05) is 0 Å². The summed E-state index contributed by atoms with van der Waals surface area (Å²) in [6.07, 6.45) is 0. The summed E-state index contributed by atoms with van der Waals surface area (Å²) < 4.78 is 5.90. The molecule has 0 aliphatic rings. The highest BCUT2D eigenvalue weighted by atomic mass is 16.5. The molecule has 2 aromatic carbocycles. The number of hydrogen-bond acceptors (Lipinski definition) is 2. The Balaban J connectivity index is 1.86. The summed E-state index contributed by atoms with van der Waals surface area (Å²) >= 11 is 0. The number of benzene rings is 2. The van der Waals surface area contributed by atoms with Gasteiger partial charge in [-0.2, -0.15) is 0 Å². The number of aromatic nitrogens is 1. The van der Waals surface area contributed by atoms with E-state index in [4.69, 9.17) is 4.74 Å². The highest BCUT2D eigenvalue weighted by Crippen LogP contribution is 2.25. The van der Waals surface area contributed by atoms with Gasteiger partial charge in [0.15, 0.2) is 0 Å². The minimum atomic E-state index is 0.496. The molecule has 0 aliphatic carbocycles. The number of hydrogen-bond donors (Lipinski definition) is 0. The first kappa shape index (κ1) is 11.7. The van der Waals surface area contributed by atoms with Crippen LogP contribution in [0.4, 0.5) is 0 Å². The van der Waals surface area contributed by atoms with Crippen molar-refractivity contribution in [1.29, 1.82) is 0 Å². The fourth-order valence-corrected chi connectivity index (χ4v) is 2.15. The van der Waals surface area contributed by atoms with Crippen molar-refractivity contribution in [2.45, 2.75) is 13.5 Å². The molecular weight excluding hydrogens is 234 g/mol. The average Bonchev–Trinajstić information content (AvgIpc) is 2.45. The fourth-order valence-electron chi connectivity index (χ4n) is 2.15. The van der Waals surface area contributed by atoms with Gasteiger partial charge >= 0.3 is 0 Å². The molecule has 2 nitrogen and oxygen atoms in total. The van der Waals surface area contributed by atoms with E-state index in [1.807, 2.05) is 49.4 Å². The molecule has 0 bridgehead atoms. The Hall–Kier alpha value is -2.35. The Morgan fingerprint density at radius 3 is 2.58 bits per heavy atom. The third kappa shape index (κ3) is 2.58. The van der Waals surface area contributed by atoms with Crippen molar-refractivity contribution in [3.8, 4) is 5.75 Å². The van der Waals surface area contributed by atoms with E-state index < -0.39 is 0 Å². The SMILES string of the molecule is Cc1cccc(COc2cccc3ccccc23)n1. The summed E-state index contributed by atoms with van der Waals surface area (Å²) in [6.45, 7) is 2.48. The summed E-state index contributed by atoms with van der Waals surface area (Å²) in [4.78, 5) is 4.44. The highest BCUT2D eigenvalue weighted by Gasteiger charge is 2.02. The van der Waals surface area contributed by atoms with Crippen LogP contribution in [0.1, 0.15) is 11.4 Å². The van der Waals surface area contributed by atoms with E-state index in [-0.39, 0.29) is 0 Å². The van der Waals surface area contributed by atoms with Crippen molar-refractivity contribution in [3.05, 3.63) is 72.1 Å². The zero-order chi connectivity index (χ0) is 13.1. The third-order valence-corrected chi connectivity index (χ3v) is 3.07. The van der Waals surface area contributed by atoms with Crippen LogP contribution in [0.2, 0.25) is 0 Å². The molecule has 0 saturated carbocycles. The largest absolute Gasteiger partial charge is 0.487 e. The maximum atomic E-state index is 5.90. The average molecular weight is 249 g/mol. The van der Waals surface area contributed by atoms with Crippen LogP contribution in [-0.4, -0.2) is 4.98 Å². The van der Waals surface area contributed by atoms with Crippen molar-refractivity contribution in [2.24, 2.45) is 0 Å². The van der Waals surface area contributed by atoms with Gasteiger partial charge in [-0.15, -0.1) is 0 Å². The van der Waals surface area contributed by atoms with Crippen LogP contribution < -0.4 is 4.74 Å². The van der Waals surface area contributed by atoms with Gasteiger partial charge in [-0.05, 0) is 30.5 Å². The predicted octanol–water partition coefficient (Wildman–Crippen LogP) is 4.12. The fraction of sp³-hybridized carbons (Fsp3) is 0.118. The van der Waals surface area contributed by atoms with Gasteiger partial charge in [0, 0.05) is 11.1 Å². The number of aryl methyl sites for hydroxylation is 1. The Morgan fingerprint density at radius 2 is 1.68 bits per heavy atom. The third-order valence-electron chi connectivity index (χ3n) is 3.07. The van der Waals surface area contributed by atoms with Crippen molar-refractivity contribution in [3.63, 3.8) is 0 Å². The maximum absolute atomic E-state index is 5.90. The summed E-state index contributed by atoms with van der Waals surface area (Å²) in [7, 11) is 0. The van der Waals surface area contributed by atoms with E-state index in [2.05, 4.69) is 23.2 Å². The Bertz CT molecular complexity index is 701. The first-order valence-electron chi connectivity index (χ1n) is 6.36. The standard InChI is InChI=1S/C17H15NO/c1-13-6-4-9-15(18-13)12-19-17-11-5-8-14-7-2-3-10-16(14)17/h2-11H,12H2,1H3. The van der Waals surface area contributed by atoms with E-state index in [9.17, 15) is 0 Å². The summed E-state index contributed by atoms with van der Waals surface area (Å²) in [5.74, 6) is 0.904. The van der Waals surface area contributed by atoms with Crippen molar-refractivity contribution < 1.29 is 4.74 Å². The molecule has 1 aromatic heterocycles. The quantitative estimate of drug-likeness (QED) is 0.696. The smallest absolute Gasteiger partial charge is 0.130 e. The van der Waals surface area contributed by atoms with Gasteiger partial charge in [0.05, 0.1) is 5.69 Å². The molecule has 0 radical (unpaired) electrons. The Labute approximate surface area is 112 Å². The molecule has 0 fully saturated rings. The van der Waals surface area contributed by atoms with Crippen LogP contribution in [0, 0.1) is 6.92 Å². The van der Waals surface area contributed by atoms with Crippen molar-refractivity contribution >= 4 is 10.8 Å². The van der Waals surface area contributed by atoms with E-state index in [0.29, 0.717) is 6.61 Å². The van der Waals surface area contributed by atoms with Crippen LogP contribution in [0.15, 0.2) is 60.7 Å². The summed E-state index contributed by atoms with van der Waals surface area (Å²) in [6, 6.07) is 20.3. The van der Waals surface area contributed by atoms with Crippen molar-refractivity contribution in [1.82, 2.24) is 4.98 Å². The monoisotopic (exact) mass is 249 g/mol. The number of fused-ring (bicyclic) bond motifs is 1. The highest BCUT2D eigenvalue weighted by molar-refractivity contribution is 5.88. The summed E-state index contributed by atoms with van der Waals surface area (Å²) in [5, 5.41) is 2.33. The molecule has 0 spiro atoms. The van der Waals surface area contributed by atoms with Crippen LogP contribution >= 0.6 is 0 Å². The predicted molar refractivity (Wildman–Crippen MR) is 77.3 cm³/mol. The van der Waals surface area contributed by atoms with Crippen LogP contribution in [0.25, 0.3) is 10.8 Å². The lowest BCUT2D eigenvalue weighted by Crippen LogP contribution is -1.99. The minimum absolute atomic E-state index is 0.496. The molecule has 0 unspecified atom stereocenters. The molecule has 3 rings (SSSR count). The maximum Gasteiger partial charge on any atom is 0.130 e. The first-order valence-corrected chi connectivity index (χ1v) is 6.36. The van der Waals surface area contributed by atoms with Gasteiger partial charge in [0.2, 0.25) is 0 Å². The second-order valence-corrected chi connectivity index (χ2v) is 4.54. The Morgan fingerprint density at radius 1 is 0.895 bits per heavy atom. The van der Waals surface area contributed by atoms with Gasteiger partial charge < -0.3 is 4.74 Å². The van der Waals surface area contributed by atoms with Gasteiger partial charge in [-0.3, -0.25) is 4.98 Å². The van der Waals surface area contributed by atoms with Gasteiger partial charge in [0.1, 0.15) is 12.4 Å². The second kappa shape index (κ2) is 5.11. The minimum Gasteiger partial charge on any atom is -0.487 e. The molecule has 0 amide bonds. The molecule has 0 N–H and O–H groups in total. The van der Waals surface area contributed by atoms with Crippen LogP contribution in [-0.2, 0) is 6.61 Å². The zero-order valence-electron chi connectivity index (χ0n) is 10.8. The molecular formula is C17H15NO. The van der Waals surface area contributed by atoms with E-state index in [0.717, 1.165) is 22.5 Å². The molecule has 0 aliphatic heterocycles. The van der Waals surface area contributed by atoms with Gasteiger partial charge in [-0.1, -0.05) is 42.5 Å². The van der Waals surface area contributed by atoms with E-state index in [1.54, 1.807) is 0 Å². The molecule has 0 saturated heterocycles. The van der Waals surface area contributed by atoms with Gasteiger partial charge in [-0.25, -0.2) is 0 Å². The Kier molecular flexibility index (Phi) is 3.15. The topological polar surface area (TPSA) is 22.1 Å². The lowest BCUT2D eigenvalue weighted by molar-refractivity contribution is 0.305. The number of ether oxygens (including phenoxy) is 1. The van der Waals surface area contributed by atoms with E-state index >= 15 is 0 Å². The number of rotatable bonds is 3. The number of nitrogens with zero attached hydrogens (tertiary/aromatic N) is 1. The molecule has 1 heterocycles. The first-order chi connectivity index (χ1) is 9.33. The van der Waals surface area contributed by atoms with E-state index in [1.165, 1.54) is 5.39 Å². The zero-order valence-corrected chi connectivity index (χ0v) is 10.8. The molecule has 0 atom stereocenters. The normalized spacial score (nSPS) is 10.6. The number of pyridine rings is 1. The lowest BCUT2D eigenvalue weighted by atomic mass is 10.1. The summed E-state index contributed by atoms with van der Waals surface area (Å²) in [5.41, 5.74) is 1.96. The molecule has 2 heteroatoms. The molecule has 94 valence electrons. The molecule has 19 heavy (non-hydrogen) atoms. The second-order valence-electron chi connectivity index (χ2n) is 4.54.